The number of halogens is 1. The first kappa shape index (κ1) is 18.1. The molecule has 5 nitrogen and oxygen atoms in total. The number of anilines is 1. The van der Waals surface area contributed by atoms with Gasteiger partial charge in [0.2, 0.25) is 11.8 Å². The zero-order chi connectivity index (χ0) is 20.1. The number of hydrogen-bond acceptors (Lipinski definition) is 4. The maximum Gasteiger partial charge on any atom is 0.338 e. The molecular weight excluding hydrogens is 390 g/mol. The van der Waals surface area contributed by atoms with Crippen LogP contribution < -0.4 is 4.90 Å². The second kappa shape index (κ2) is 6.85. The van der Waals surface area contributed by atoms with Gasteiger partial charge in [-0.2, -0.15) is 0 Å². The number of ether oxygens (including phenoxy) is 1. The summed E-state index contributed by atoms with van der Waals surface area (Å²) in [6.45, 7) is 0.0719. The predicted octanol–water partition coefficient (Wildman–Crippen LogP) is 4.01. The minimum atomic E-state index is -0.491. The molecule has 1 saturated heterocycles. The number of carbonyl (C=O) groups is 3. The van der Waals surface area contributed by atoms with Gasteiger partial charge in [0.05, 0.1) is 23.1 Å². The van der Waals surface area contributed by atoms with E-state index >= 15 is 0 Å². The van der Waals surface area contributed by atoms with E-state index in [0.717, 1.165) is 12.0 Å². The number of fused-ring (bicyclic) bond motifs is 5. The van der Waals surface area contributed by atoms with Crippen LogP contribution in [0.1, 0.15) is 22.3 Å². The van der Waals surface area contributed by atoms with Crippen LogP contribution in [-0.2, 0) is 20.9 Å². The van der Waals surface area contributed by atoms with Gasteiger partial charge in [-0.15, -0.1) is 0 Å². The summed E-state index contributed by atoms with van der Waals surface area (Å²) in [6.07, 6.45) is 5.04. The molecule has 3 aliphatic rings. The van der Waals surface area contributed by atoms with Gasteiger partial charge in [-0.05, 0) is 48.6 Å². The first-order valence-corrected chi connectivity index (χ1v) is 9.99. The van der Waals surface area contributed by atoms with Crippen molar-refractivity contribution in [3.8, 4) is 0 Å². The monoisotopic (exact) mass is 407 g/mol. The van der Waals surface area contributed by atoms with Gasteiger partial charge in [0, 0.05) is 10.6 Å². The van der Waals surface area contributed by atoms with Crippen LogP contribution in [-0.4, -0.2) is 17.8 Å². The van der Waals surface area contributed by atoms with Crippen molar-refractivity contribution in [2.24, 2.45) is 23.7 Å². The number of hydrogen-bond donors (Lipinski definition) is 0. The molecule has 2 aromatic carbocycles. The van der Waals surface area contributed by atoms with Gasteiger partial charge in [0.25, 0.3) is 0 Å². The molecule has 4 atom stereocenters. The van der Waals surface area contributed by atoms with Gasteiger partial charge in [-0.1, -0.05) is 42.0 Å². The van der Waals surface area contributed by atoms with Crippen LogP contribution in [0.15, 0.2) is 60.7 Å². The molecule has 2 aromatic rings. The molecule has 6 heteroatoms. The van der Waals surface area contributed by atoms with Gasteiger partial charge < -0.3 is 4.74 Å². The third-order valence-electron chi connectivity index (χ3n) is 6.15. The highest BCUT2D eigenvalue weighted by atomic mass is 35.5. The summed E-state index contributed by atoms with van der Waals surface area (Å²) < 4.78 is 5.32. The smallest absolute Gasteiger partial charge is 0.338 e. The predicted molar refractivity (Wildman–Crippen MR) is 107 cm³/mol. The number of nitrogens with zero attached hydrogens (tertiary/aromatic N) is 1. The van der Waals surface area contributed by atoms with Gasteiger partial charge in [-0.25, -0.2) is 4.79 Å². The summed E-state index contributed by atoms with van der Waals surface area (Å²) in [5.74, 6) is -0.891. The lowest BCUT2D eigenvalue weighted by molar-refractivity contribution is -0.123. The quantitative estimate of drug-likeness (QED) is 0.436. The highest BCUT2D eigenvalue weighted by Gasteiger charge is 2.59. The van der Waals surface area contributed by atoms with E-state index in [9.17, 15) is 14.4 Å². The lowest BCUT2D eigenvalue weighted by atomic mass is 9.85. The average Bonchev–Trinajstić information content (AvgIpc) is 3.41. The molecule has 0 spiro atoms. The van der Waals surface area contributed by atoms with E-state index in [-0.39, 0.29) is 42.1 Å². The number of rotatable bonds is 4. The first-order chi connectivity index (χ1) is 14.0. The maximum atomic E-state index is 12.9. The lowest BCUT2D eigenvalue weighted by Crippen LogP contribution is -2.32. The van der Waals surface area contributed by atoms with E-state index in [1.807, 2.05) is 12.1 Å². The SMILES string of the molecule is O=C(OCc1ccccc1Cl)c1ccc(N2C(=O)[C@@H]3[C@H](C2=O)[C@@H]2C=C[C@H]3C2)cc1. The molecule has 2 aliphatic carbocycles. The standard InChI is InChI=1S/C23H18ClNO4/c24-18-4-2-1-3-16(18)12-29-23(28)13-7-9-17(10-8-13)25-21(26)19-14-5-6-15(11-14)20(19)22(25)27/h1-10,14-15,19-20H,11-12H2/t14-,15+,19-,20+. The number of amides is 2. The molecule has 29 heavy (non-hydrogen) atoms. The number of carbonyl (C=O) groups excluding carboxylic acids is 3. The zero-order valence-electron chi connectivity index (χ0n) is 15.5. The van der Waals surface area contributed by atoms with Crippen LogP contribution in [0.2, 0.25) is 5.02 Å². The number of benzene rings is 2. The highest BCUT2D eigenvalue weighted by molar-refractivity contribution is 6.31. The first-order valence-electron chi connectivity index (χ1n) is 9.61. The summed E-state index contributed by atoms with van der Waals surface area (Å²) in [4.78, 5) is 39.3. The molecule has 0 unspecified atom stereocenters. The Morgan fingerprint density at radius 3 is 2.21 bits per heavy atom. The van der Waals surface area contributed by atoms with E-state index < -0.39 is 5.97 Å². The zero-order valence-corrected chi connectivity index (χ0v) is 16.2. The summed E-state index contributed by atoms with van der Waals surface area (Å²) in [6, 6.07) is 13.6. The van der Waals surface area contributed by atoms with Crippen LogP contribution in [0.25, 0.3) is 0 Å². The van der Waals surface area contributed by atoms with E-state index in [1.54, 1.807) is 36.4 Å². The molecule has 0 radical (unpaired) electrons. The third-order valence-corrected chi connectivity index (χ3v) is 6.52. The minimum absolute atomic E-state index is 0.0719. The molecule has 2 bridgehead atoms. The minimum Gasteiger partial charge on any atom is -0.457 e. The Bertz CT molecular complexity index is 1020. The normalized spacial score (nSPS) is 26.9. The fourth-order valence-corrected chi connectivity index (χ4v) is 4.94. The number of allylic oxidation sites excluding steroid dienone is 2. The molecule has 5 rings (SSSR count). The van der Waals surface area contributed by atoms with Crippen molar-refractivity contribution in [1.29, 1.82) is 0 Å². The Morgan fingerprint density at radius 2 is 1.59 bits per heavy atom. The van der Waals surface area contributed by atoms with E-state index in [0.29, 0.717) is 16.3 Å². The fraction of sp³-hybridized carbons (Fsp3) is 0.261. The molecule has 2 fully saturated rings. The van der Waals surface area contributed by atoms with Crippen LogP contribution >= 0.6 is 11.6 Å². The molecule has 1 saturated carbocycles. The Morgan fingerprint density at radius 1 is 0.966 bits per heavy atom. The largest absolute Gasteiger partial charge is 0.457 e. The van der Waals surface area contributed by atoms with Gasteiger partial charge in [0.1, 0.15) is 6.61 Å². The second-order valence-electron chi connectivity index (χ2n) is 7.73. The summed E-state index contributed by atoms with van der Waals surface area (Å²) >= 11 is 6.07. The Labute approximate surface area is 172 Å². The average molecular weight is 408 g/mol. The van der Waals surface area contributed by atoms with Crippen molar-refractivity contribution >= 4 is 35.1 Å². The highest BCUT2D eigenvalue weighted by Crippen LogP contribution is 2.53. The third kappa shape index (κ3) is 2.88. The van der Waals surface area contributed by atoms with Crippen molar-refractivity contribution in [2.45, 2.75) is 13.0 Å². The molecule has 0 N–H and O–H groups in total. The summed E-state index contributed by atoms with van der Waals surface area (Å²) in [5.41, 5.74) is 1.57. The maximum absolute atomic E-state index is 12.9. The molecule has 2 amide bonds. The lowest BCUT2D eigenvalue weighted by Gasteiger charge is -2.17. The van der Waals surface area contributed by atoms with Crippen molar-refractivity contribution < 1.29 is 19.1 Å². The van der Waals surface area contributed by atoms with Crippen molar-refractivity contribution in [3.05, 3.63) is 76.8 Å². The number of imide groups is 1. The van der Waals surface area contributed by atoms with Crippen LogP contribution in [0, 0.1) is 23.7 Å². The van der Waals surface area contributed by atoms with E-state index in [1.165, 1.54) is 4.90 Å². The summed E-state index contributed by atoms with van der Waals surface area (Å²) in [7, 11) is 0. The molecule has 0 aromatic heterocycles. The van der Waals surface area contributed by atoms with E-state index in [2.05, 4.69) is 12.2 Å². The second-order valence-corrected chi connectivity index (χ2v) is 8.13. The van der Waals surface area contributed by atoms with Crippen molar-refractivity contribution in [2.75, 3.05) is 4.90 Å². The Kier molecular flexibility index (Phi) is 4.28. The van der Waals surface area contributed by atoms with Crippen LogP contribution in [0.4, 0.5) is 5.69 Å². The van der Waals surface area contributed by atoms with Crippen molar-refractivity contribution in [1.82, 2.24) is 0 Å². The van der Waals surface area contributed by atoms with E-state index in [4.69, 9.17) is 16.3 Å². The number of esters is 1. The summed E-state index contributed by atoms with van der Waals surface area (Å²) in [5, 5.41) is 0.538. The molecule has 1 heterocycles. The van der Waals surface area contributed by atoms with Crippen molar-refractivity contribution in [3.63, 3.8) is 0 Å². The van der Waals surface area contributed by atoms with Crippen LogP contribution in [0.5, 0.6) is 0 Å². The Balaban J connectivity index is 1.29. The van der Waals surface area contributed by atoms with Crippen LogP contribution in [0.3, 0.4) is 0 Å². The molecule has 146 valence electrons. The fourth-order valence-electron chi connectivity index (χ4n) is 4.75. The molecule has 1 aliphatic heterocycles. The van der Waals surface area contributed by atoms with Gasteiger partial charge in [0.15, 0.2) is 0 Å². The Hall–Kier alpha value is -2.92. The topological polar surface area (TPSA) is 63.7 Å². The van der Waals surface area contributed by atoms with Gasteiger partial charge >= 0.3 is 5.97 Å². The van der Waals surface area contributed by atoms with Gasteiger partial charge in [-0.3, -0.25) is 14.5 Å². The molecular formula is C23H18ClNO4.